The van der Waals surface area contributed by atoms with Crippen molar-refractivity contribution >= 4 is 46.4 Å². The number of pyridine rings is 1. The predicted octanol–water partition coefficient (Wildman–Crippen LogP) is 5.63. The van der Waals surface area contributed by atoms with Gasteiger partial charge in [0.05, 0.1) is 17.6 Å². The fourth-order valence-corrected chi connectivity index (χ4v) is 5.39. The van der Waals surface area contributed by atoms with Gasteiger partial charge in [0.15, 0.2) is 10.8 Å². The van der Waals surface area contributed by atoms with E-state index in [0.717, 1.165) is 19.3 Å². The first-order valence-corrected chi connectivity index (χ1v) is 14.1. The van der Waals surface area contributed by atoms with E-state index in [2.05, 4.69) is 20.6 Å². The van der Waals surface area contributed by atoms with E-state index < -0.39 is 23.5 Å². The van der Waals surface area contributed by atoms with Gasteiger partial charge < -0.3 is 29.8 Å². The van der Waals surface area contributed by atoms with E-state index in [4.69, 9.17) is 16.6 Å². The van der Waals surface area contributed by atoms with Crippen molar-refractivity contribution in [3.63, 3.8) is 0 Å². The maximum Gasteiger partial charge on any atom is 0.437 e. The highest BCUT2D eigenvalue weighted by atomic mass is 32.1. The Labute approximate surface area is 245 Å². The van der Waals surface area contributed by atoms with E-state index >= 15 is 0 Å². The summed E-state index contributed by atoms with van der Waals surface area (Å²) in [5.41, 5.74) is -0.824. The zero-order valence-electron chi connectivity index (χ0n) is 23.0. The number of anilines is 4. The minimum atomic E-state index is -4.86. The molecule has 0 aliphatic carbocycles. The van der Waals surface area contributed by atoms with Gasteiger partial charge >= 0.3 is 6.18 Å². The molecule has 0 radical (unpaired) electrons. The average Bonchev–Trinajstić information content (AvgIpc) is 3.28. The SMILES string of the molecule is CC1CCCN(c2nc(C(F)(F)F)c(C(=O)Nc3ccc(N4CCCN(C(=S)Nc5ccccc5F)CC4)nc3)o2)C1. The van der Waals surface area contributed by atoms with Crippen molar-refractivity contribution in [2.24, 2.45) is 5.92 Å². The molecule has 2 aliphatic heterocycles. The smallest absolute Gasteiger partial charge is 0.417 e. The summed E-state index contributed by atoms with van der Waals surface area (Å²) in [4.78, 5) is 26.6. The van der Waals surface area contributed by atoms with Crippen LogP contribution in [-0.2, 0) is 6.18 Å². The van der Waals surface area contributed by atoms with Gasteiger partial charge in [-0.3, -0.25) is 4.79 Å². The molecule has 5 rings (SSSR count). The van der Waals surface area contributed by atoms with Crippen LogP contribution >= 0.6 is 12.2 Å². The summed E-state index contributed by atoms with van der Waals surface area (Å²) < 4.78 is 60.6. The van der Waals surface area contributed by atoms with Crippen LogP contribution in [0.2, 0.25) is 0 Å². The Morgan fingerprint density at radius 3 is 2.52 bits per heavy atom. The first-order chi connectivity index (χ1) is 20.1. The van der Waals surface area contributed by atoms with E-state index in [-0.39, 0.29) is 23.4 Å². The number of nitrogens with one attached hydrogen (secondary N) is 2. The second-order valence-electron chi connectivity index (χ2n) is 10.5. The van der Waals surface area contributed by atoms with E-state index in [1.165, 1.54) is 12.3 Å². The summed E-state index contributed by atoms with van der Waals surface area (Å²) in [6, 6.07) is 9.38. The number of aromatic nitrogens is 2. The fourth-order valence-electron chi connectivity index (χ4n) is 5.09. The predicted molar refractivity (Wildman–Crippen MR) is 155 cm³/mol. The van der Waals surface area contributed by atoms with Gasteiger partial charge in [-0.25, -0.2) is 9.37 Å². The van der Waals surface area contributed by atoms with Crippen LogP contribution in [0.25, 0.3) is 0 Å². The highest BCUT2D eigenvalue weighted by molar-refractivity contribution is 7.80. The van der Waals surface area contributed by atoms with Crippen LogP contribution in [-0.4, -0.2) is 65.2 Å². The van der Waals surface area contributed by atoms with Crippen molar-refractivity contribution in [2.75, 3.05) is 59.7 Å². The monoisotopic (exact) mass is 605 g/mol. The Bertz CT molecular complexity index is 1420. The Morgan fingerprint density at radius 2 is 1.81 bits per heavy atom. The number of thiocarbonyl (C=S) groups is 1. The van der Waals surface area contributed by atoms with E-state index in [1.807, 2.05) is 16.7 Å². The molecule has 224 valence electrons. The fraction of sp³-hybridized carbons (Fsp3) is 0.429. The van der Waals surface area contributed by atoms with Crippen LogP contribution in [0.15, 0.2) is 47.0 Å². The van der Waals surface area contributed by atoms with Gasteiger partial charge in [0, 0.05) is 39.3 Å². The molecule has 1 amide bonds. The molecule has 1 aromatic carbocycles. The second-order valence-corrected chi connectivity index (χ2v) is 10.8. The summed E-state index contributed by atoms with van der Waals surface area (Å²) in [5.74, 6) is -1.40. The molecule has 9 nitrogen and oxygen atoms in total. The number of halogens is 4. The maximum atomic E-state index is 14.0. The van der Waals surface area contributed by atoms with Crippen LogP contribution in [0.5, 0.6) is 0 Å². The molecule has 0 spiro atoms. The van der Waals surface area contributed by atoms with Crippen LogP contribution in [0.4, 0.5) is 40.8 Å². The lowest BCUT2D eigenvalue weighted by molar-refractivity contribution is -0.141. The van der Waals surface area contributed by atoms with Gasteiger partial charge in [-0.2, -0.15) is 18.2 Å². The van der Waals surface area contributed by atoms with Gasteiger partial charge in [-0.1, -0.05) is 19.1 Å². The molecule has 2 fully saturated rings. The first-order valence-electron chi connectivity index (χ1n) is 13.7. The van der Waals surface area contributed by atoms with E-state index in [9.17, 15) is 22.4 Å². The topological polar surface area (TPSA) is 89.8 Å². The Kier molecular flexibility index (Phi) is 8.80. The Hall–Kier alpha value is -3.94. The maximum absolute atomic E-state index is 14.0. The highest BCUT2D eigenvalue weighted by Crippen LogP contribution is 2.35. The lowest BCUT2D eigenvalue weighted by atomic mass is 10.0. The van der Waals surface area contributed by atoms with Crippen molar-refractivity contribution in [1.82, 2.24) is 14.9 Å². The largest absolute Gasteiger partial charge is 0.437 e. The number of alkyl halides is 3. The molecule has 14 heteroatoms. The lowest BCUT2D eigenvalue weighted by Crippen LogP contribution is -2.38. The summed E-state index contributed by atoms with van der Waals surface area (Å²) in [6.07, 6.45) is -0.932. The third-order valence-corrected chi connectivity index (χ3v) is 7.61. The van der Waals surface area contributed by atoms with Gasteiger partial charge in [-0.15, -0.1) is 0 Å². The summed E-state index contributed by atoms with van der Waals surface area (Å²) >= 11 is 5.49. The molecular formula is C28H31F4N7O2S. The molecule has 2 saturated heterocycles. The minimum absolute atomic E-state index is 0.203. The first kappa shape index (κ1) is 29.5. The standard InChI is InChI=1S/C28H31F4N7O2S/c1-18-6-4-11-39(17-18)26-36-24(28(30,31)32)23(41-26)25(40)34-19-9-10-22(33-16-19)37-12-5-13-38(15-14-37)27(42)35-21-8-3-2-7-20(21)29/h2-3,7-10,16,18H,4-6,11-15,17H2,1H3,(H,34,40)(H,35,42). The quantitative estimate of drug-likeness (QED) is 0.284. The van der Waals surface area contributed by atoms with Crippen LogP contribution in [0.1, 0.15) is 42.4 Å². The van der Waals surface area contributed by atoms with E-state index in [0.29, 0.717) is 55.9 Å². The molecular weight excluding hydrogens is 574 g/mol. The molecule has 4 heterocycles. The molecule has 42 heavy (non-hydrogen) atoms. The van der Waals surface area contributed by atoms with Crippen LogP contribution < -0.4 is 20.4 Å². The van der Waals surface area contributed by atoms with Crippen LogP contribution in [0.3, 0.4) is 0 Å². The van der Waals surface area contributed by atoms with Crippen molar-refractivity contribution in [1.29, 1.82) is 0 Å². The summed E-state index contributed by atoms with van der Waals surface area (Å²) in [6.45, 7) is 5.53. The van der Waals surface area contributed by atoms with Gasteiger partial charge in [0.2, 0.25) is 5.76 Å². The normalized spacial score (nSPS) is 18.0. The third-order valence-electron chi connectivity index (χ3n) is 7.25. The highest BCUT2D eigenvalue weighted by Gasteiger charge is 2.42. The molecule has 1 atom stereocenters. The lowest BCUT2D eigenvalue weighted by Gasteiger charge is -2.29. The number of oxazole rings is 1. The number of hydrogen-bond donors (Lipinski definition) is 2. The van der Waals surface area contributed by atoms with E-state index in [1.54, 1.807) is 35.2 Å². The van der Waals surface area contributed by atoms with Gasteiger partial charge in [0.25, 0.3) is 11.9 Å². The molecule has 2 aliphatic rings. The number of carbonyl (C=O) groups excluding carboxylic acids is 1. The molecule has 1 unspecified atom stereocenters. The number of rotatable bonds is 5. The molecule has 3 aromatic rings. The van der Waals surface area contributed by atoms with Gasteiger partial charge in [-0.05, 0) is 61.7 Å². The number of nitrogens with zero attached hydrogens (tertiary/aromatic N) is 5. The number of para-hydroxylation sites is 1. The number of amides is 1. The van der Waals surface area contributed by atoms with Crippen molar-refractivity contribution in [2.45, 2.75) is 32.4 Å². The Balaban J connectivity index is 1.21. The summed E-state index contributed by atoms with van der Waals surface area (Å²) in [5, 5.41) is 5.84. The molecule has 0 bridgehead atoms. The molecule has 0 saturated carbocycles. The second kappa shape index (κ2) is 12.5. The van der Waals surface area contributed by atoms with Gasteiger partial charge in [0.1, 0.15) is 11.6 Å². The molecule has 2 aromatic heterocycles. The zero-order valence-corrected chi connectivity index (χ0v) is 23.8. The zero-order chi connectivity index (χ0) is 29.9. The molecule has 2 N–H and O–H groups in total. The number of benzene rings is 1. The minimum Gasteiger partial charge on any atom is -0.417 e. The van der Waals surface area contributed by atoms with Crippen molar-refractivity contribution in [3.05, 3.63) is 59.9 Å². The number of carbonyl (C=O) groups is 1. The number of piperidine rings is 1. The third kappa shape index (κ3) is 6.92. The van der Waals surface area contributed by atoms with Crippen LogP contribution in [0, 0.1) is 11.7 Å². The van der Waals surface area contributed by atoms with Crippen molar-refractivity contribution in [3.8, 4) is 0 Å². The average molecular weight is 606 g/mol. The summed E-state index contributed by atoms with van der Waals surface area (Å²) in [7, 11) is 0. The van der Waals surface area contributed by atoms with Crippen molar-refractivity contribution < 1.29 is 26.8 Å². The Morgan fingerprint density at radius 1 is 1.02 bits per heavy atom. The number of hydrogen-bond acceptors (Lipinski definition) is 7.